The quantitative estimate of drug-likeness (QED) is 0.155. The van der Waals surface area contributed by atoms with Gasteiger partial charge in [-0.25, -0.2) is 0 Å². The number of hydrogen-bond donors (Lipinski definition) is 0. The summed E-state index contributed by atoms with van der Waals surface area (Å²) in [6, 6.07) is 0. The largest absolute Gasteiger partial charge is 0.454 e. The van der Waals surface area contributed by atoms with Crippen molar-refractivity contribution in [2.45, 2.75) is 222 Å². The van der Waals surface area contributed by atoms with Crippen LogP contribution in [0.4, 0.5) is 34.1 Å². The molecule has 0 unspecified atom stereocenters. The molecule has 10 aromatic carbocycles. The zero-order chi connectivity index (χ0) is 64.6. The Morgan fingerprint density at radius 1 is 0.125 bits per heavy atom. The molecule has 0 amide bonds. The van der Waals surface area contributed by atoms with Crippen molar-refractivity contribution in [3.05, 3.63) is 178 Å². The Hall–Kier alpha value is -7.56. The summed E-state index contributed by atoms with van der Waals surface area (Å²) in [6.45, 7) is 75.2. The third-order valence-electron chi connectivity index (χ3n) is 25.0. The third-order valence-corrected chi connectivity index (χ3v) is 25.0. The number of hydrogen-bond acceptors (Lipinski definition) is 4. The van der Waals surface area contributed by atoms with Crippen molar-refractivity contribution in [2.24, 2.45) is 0 Å². The van der Waals surface area contributed by atoms with Crippen LogP contribution in [0.2, 0.25) is 0 Å². The van der Waals surface area contributed by atoms with E-state index in [2.05, 4.69) is 231 Å². The van der Waals surface area contributed by atoms with E-state index in [1.54, 1.807) is 0 Å². The number of fused-ring (bicyclic) bond motifs is 6. The highest BCUT2D eigenvalue weighted by Gasteiger charge is 2.38. The molecule has 0 aliphatic rings. The predicted octanol–water partition coefficient (Wildman–Crippen LogP) is 25.2. The monoisotopic (exact) mass is 1160 g/mol. The highest BCUT2D eigenvalue weighted by molar-refractivity contribution is 6.34. The summed E-state index contributed by atoms with van der Waals surface area (Å²) in [5.41, 5.74) is 52.7. The van der Waals surface area contributed by atoms with Crippen LogP contribution in [0.25, 0.3) is 76.2 Å². The van der Waals surface area contributed by atoms with Gasteiger partial charge in [0, 0.05) is 43.1 Å². The highest BCUT2D eigenvalue weighted by atomic mass is 16.3. The average molecular weight is 1170 g/mol. The van der Waals surface area contributed by atoms with E-state index in [1.807, 2.05) is 0 Å². The van der Waals surface area contributed by atoms with Crippen LogP contribution in [-0.4, -0.2) is 0 Å². The van der Waals surface area contributed by atoms with E-state index in [0.717, 1.165) is 33.7 Å². The maximum Gasteiger partial charge on any atom is 0.159 e. The van der Waals surface area contributed by atoms with Crippen molar-refractivity contribution in [1.82, 2.24) is 0 Å². The van der Waals surface area contributed by atoms with Crippen molar-refractivity contribution in [3.8, 4) is 0 Å². The molecule has 0 saturated heterocycles. The van der Waals surface area contributed by atoms with Crippen LogP contribution in [0.1, 0.15) is 178 Å². The van der Waals surface area contributed by atoms with Crippen LogP contribution in [0.3, 0.4) is 0 Å². The Balaban J connectivity index is 1.37. The van der Waals surface area contributed by atoms with Crippen LogP contribution < -0.4 is 9.80 Å². The van der Waals surface area contributed by atoms with Crippen LogP contribution in [0, 0.1) is 222 Å². The number of furan rings is 2. The van der Waals surface area contributed by atoms with E-state index in [9.17, 15) is 0 Å². The topological polar surface area (TPSA) is 32.8 Å². The summed E-state index contributed by atoms with van der Waals surface area (Å²) in [4.78, 5) is 5.48. The first-order chi connectivity index (χ1) is 41.1. The molecule has 0 aliphatic carbocycles. The SMILES string of the molecule is Cc1c(C)c(C)c(N(c2c(C)c(C)c(C)c3c2oc2c(C)c(C)c(C)c(C)c23)c2c(C)c(C)c3c(C)c(C)c4c(N(c5c(C)c(C)c(C)c(C)c5C)c5c(C)c(C)c(C)c6c5oc5c(C)c(C)c(C)c(C)c56)c(C)c(C)c5c(C)c(C)c2c3c54)c(C)c1C. The number of benzene rings is 10. The molecule has 0 aliphatic heterocycles. The molecule has 12 aromatic rings. The Labute approximate surface area is 525 Å². The van der Waals surface area contributed by atoms with Gasteiger partial charge in [-0.15, -0.1) is 0 Å². The first-order valence-electron chi connectivity index (χ1n) is 32.4. The van der Waals surface area contributed by atoms with Gasteiger partial charge >= 0.3 is 0 Å². The minimum absolute atomic E-state index is 0.959. The molecular formula is C84H96N2O2. The molecule has 454 valence electrons. The number of nitrogens with zero attached hydrogens (tertiary/aromatic N) is 2. The maximum atomic E-state index is 7.66. The Morgan fingerprint density at radius 2 is 0.295 bits per heavy atom. The summed E-state index contributed by atoms with van der Waals surface area (Å²) in [5.74, 6) is 0. The molecule has 12 rings (SSSR count). The van der Waals surface area contributed by atoms with Gasteiger partial charge < -0.3 is 18.6 Å². The minimum atomic E-state index is 0.959. The Bertz CT molecular complexity index is 4860. The average Bonchev–Trinajstić information content (AvgIpc) is 0.738. The zero-order valence-corrected chi connectivity index (χ0v) is 59.7. The first-order valence-corrected chi connectivity index (χ1v) is 32.4. The molecular weight excluding hydrogens is 1070 g/mol. The summed E-state index contributed by atoms with van der Waals surface area (Å²) in [5, 5.41) is 12.9. The second kappa shape index (κ2) is 20.0. The fourth-order valence-electron chi connectivity index (χ4n) is 16.9. The van der Waals surface area contributed by atoms with E-state index in [0.29, 0.717) is 0 Å². The van der Waals surface area contributed by atoms with Gasteiger partial charge in [-0.2, -0.15) is 0 Å². The lowest BCUT2D eigenvalue weighted by atomic mass is 9.77. The lowest BCUT2D eigenvalue weighted by Crippen LogP contribution is -2.20. The Morgan fingerprint density at radius 3 is 0.580 bits per heavy atom. The lowest BCUT2D eigenvalue weighted by molar-refractivity contribution is 0.664. The van der Waals surface area contributed by atoms with E-state index in [-0.39, 0.29) is 0 Å². The molecule has 4 heteroatoms. The molecule has 88 heavy (non-hydrogen) atoms. The second-order valence-electron chi connectivity index (χ2n) is 28.0. The Kier molecular flexibility index (Phi) is 13.8. The molecule has 0 radical (unpaired) electrons. The lowest BCUT2D eigenvalue weighted by Gasteiger charge is -2.38. The number of anilines is 6. The predicted molar refractivity (Wildman–Crippen MR) is 386 cm³/mol. The molecule has 0 N–H and O–H groups in total. The van der Waals surface area contributed by atoms with Crippen LogP contribution in [0.15, 0.2) is 8.83 Å². The molecule has 0 spiro atoms. The number of aryl methyl sites for hydroxylation is 12. The van der Waals surface area contributed by atoms with Gasteiger partial charge in [-0.05, 0) is 410 Å². The first kappa shape index (κ1) is 60.7. The normalized spacial score (nSPS) is 12.3. The summed E-state index contributed by atoms with van der Waals surface area (Å²) < 4.78 is 15.3. The molecule has 2 aromatic heterocycles. The molecule has 4 nitrogen and oxygen atoms in total. The van der Waals surface area contributed by atoms with Gasteiger partial charge in [0.05, 0.1) is 34.1 Å². The fourth-order valence-corrected chi connectivity index (χ4v) is 16.9. The van der Waals surface area contributed by atoms with Crippen LogP contribution in [0.5, 0.6) is 0 Å². The fraction of sp³-hybridized carbons (Fsp3) is 0.381. The summed E-state index contributed by atoms with van der Waals surface area (Å²) >= 11 is 0. The molecule has 0 saturated carbocycles. The standard InChI is InChI=1S/C84H96N2O2/c1-33-37(5)55(23)75(56(24)38(33)6)85(79-59(27)43(11)47(15)71-69-45(13)35(3)41(9)63(31)81(69)87-83(71)79)77-61(29)53(21)65-50(18)52(20)68-74-66(49(17)51(19)67(77)73(65)74)54(22)62(30)78(68)86(76-57(25)39(7)34(2)40(8)58(76)26)80-60(28)44(12)48(16)72-70-46(14)36(4)42(10)64(32)82(70)88-84(72)80/h1-32H3. The zero-order valence-electron chi connectivity index (χ0n) is 59.7. The van der Waals surface area contributed by atoms with Gasteiger partial charge in [0.1, 0.15) is 11.2 Å². The molecule has 0 bridgehead atoms. The van der Waals surface area contributed by atoms with Gasteiger partial charge in [0.15, 0.2) is 11.2 Å². The van der Waals surface area contributed by atoms with Crippen molar-refractivity contribution < 1.29 is 8.83 Å². The molecule has 0 atom stereocenters. The molecule has 2 heterocycles. The van der Waals surface area contributed by atoms with Gasteiger partial charge in [0.2, 0.25) is 0 Å². The third kappa shape index (κ3) is 7.38. The van der Waals surface area contributed by atoms with Crippen molar-refractivity contribution in [2.75, 3.05) is 9.80 Å². The van der Waals surface area contributed by atoms with Crippen molar-refractivity contribution >= 4 is 110 Å². The van der Waals surface area contributed by atoms with E-state index >= 15 is 0 Å². The maximum absolute atomic E-state index is 7.66. The summed E-state index contributed by atoms with van der Waals surface area (Å²) in [7, 11) is 0. The molecule has 0 fully saturated rings. The van der Waals surface area contributed by atoms with E-state index < -0.39 is 0 Å². The van der Waals surface area contributed by atoms with Crippen molar-refractivity contribution in [3.63, 3.8) is 0 Å². The number of rotatable bonds is 6. The smallest absolute Gasteiger partial charge is 0.159 e. The minimum Gasteiger partial charge on any atom is -0.454 e. The van der Waals surface area contributed by atoms with E-state index in [4.69, 9.17) is 8.83 Å². The van der Waals surface area contributed by atoms with Gasteiger partial charge in [-0.3, -0.25) is 0 Å². The van der Waals surface area contributed by atoms with Crippen LogP contribution in [-0.2, 0) is 0 Å². The van der Waals surface area contributed by atoms with Gasteiger partial charge in [-0.1, -0.05) is 0 Å². The van der Waals surface area contributed by atoms with Gasteiger partial charge in [0.25, 0.3) is 0 Å². The highest BCUT2D eigenvalue weighted by Crippen LogP contribution is 2.60. The van der Waals surface area contributed by atoms with E-state index in [1.165, 1.54) is 255 Å². The van der Waals surface area contributed by atoms with Crippen LogP contribution >= 0.6 is 0 Å². The van der Waals surface area contributed by atoms with Crippen molar-refractivity contribution in [1.29, 1.82) is 0 Å². The summed E-state index contributed by atoms with van der Waals surface area (Å²) in [6.07, 6.45) is 0. The second-order valence-corrected chi connectivity index (χ2v) is 28.0.